The SMILES string of the molecule is CCc1cccc(N(CC)C(=O)Cn2c(C(=O)N[C@H]3CC[C@H](C(=O)NCCCCCCNC(=O)c4ccc5c(c4)C(=O)OC54c5ccc(OC(C)=O)cc5Oc5cc(OC(C)=O)ccc54)CC3)cc3ccccc32)c1. The molecule has 1 aliphatic carbocycles. The van der Waals surface area contributed by atoms with Crippen LogP contribution in [0.25, 0.3) is 10.9 Å². The zero-order valence-corrected chi connectivity index (χ0v) is 42.6. The Morgan fingerprint density at radius 1 is 0.693 bits per heavy atom. The van der Waals surface area contributed by atoms with E-state index in [1.54, 1.807) is 41.3 Å². The minimum Gasteiger partial charge on any atom is -0.456 e. The normalized spacial score (nSPS) is 15.9. The molecule has 1 spiro atoms. The third kappa shape index (κ3) is 11.0. The molecule has 2 aliphatic heterocycles. The van der Waals surface area contributed by atoms with E-state index in [1.807, 2.05) is 66.1 Å². The van der Waals surface area contributed by atoms with Crippen molar-refractivity contribution in [3.8, 4) is 23.0 Å². The van der Waals surface area contributed by atoms with Gasteiger partial charge in [0.25, 0.3) is 11.8 Å². The van der Waals surface area contributed by atoms with Gasteiger partial charge in [0.2, 0.25) is 11.8 Å². The Morgan fingerprint density at radius 2 is 1.35 bits per heavy atom. The largest absolute Gasteiger partial charge is 0.456 e. The third-order valence-electron chi connectivity index (χ3n) is 14.2. The molecule has 75 heavy (non-hydrogen) atoms. The lowest BCUT2D eigenvalue weighted by molar-refractivity contribution is -0.132. The summed E-state index contributed by atoms with van der Waals surface area (Å²) in [5.41, 5.74) is 3.65. The van der Waals surface area contributed by atoms with Crippen LogP contribution in [-0.2, 0) is 42.5 Å². The molecule has 0 atom stereocenters. The van der Waals surface area contributed by atoms with Gasteiger partial charge in [-0.25, -0.2) is 4.79 Å². The van der Waals surface area contributed by atoms with Crippen molar-refractivity contribution in [2.45, 2.75) is 104 Å². The van der Waals surface area contributed by atoms with Gasteiger partial charge in [-0.15, -0.1) is 0 Å². The second kappa shape index (κ2) is 22.5. The summed E-state index contributed by atoms with van der Waals surface area (Å²) in [6.07, 6.45) is 6.69. The number of nitrogens with zero attached hydrogens (tertiary/aromatic N) is 2. The number of aryl methyl sites for hydroxylation is 1. The number of benzene rings is 5. The molecule has 4 amide bonds. The van der Waals surface area contributed by atoms with E-state index in [0.717, 1.165) is 47.8 Å². The van der Waals surface area contributed by atoms with Gasteiger partial charge in [0.05, 0.1) is 5.56 Å². The summed E-state index contributed by atoms with van der Waals surface area (Å²) >= 11 is 0. The number of carbonyl (C=O) groups excluding carboxylic acids is 7. The number of hydrogen-bond acceptors (Lipinski definition) is 11. The van der Waals surface area contributed by atoms with Gasteiger partial charge in [0, 0.05) is 96.4 Å². The predicted molar refractivity (Wildman–Crippen MR) is 280 cm³/mol. The van der Waals surface area contributed by atoms with Crippen molar-refractivity contribution in [1.29, 1.82) is 0 Å². The highest BCUT2D eigenvalue weighted by Crippen LogP contribution is 2.57. The number of likely N-dealkylation sites (N-methyl/N-ethyl adjacent to an activating group) is 1. The van der Waals surface area contributed by atoms with Crippen LogP contribution in [0.1, 0.15) is 133 Å². The summed E-state index contributed by atoms with van der Waals surface area (Å²) in [6.45, 7) is 8.06. The van der Waals surface area contributed by atoms with E-state index in [-0.39, 0.29) is 76.3 Å². The number of hydrogen-bond donors (Lipinski definition) is 3. The van der Waals surface area contributed by atoms with E-state index in [1.165, 1.54) is 32.0 Å². The van der Waals surface area contributed by atoms with Gasteiger partial charge in [0.1, 0.15) is 35.2 Å². The number of fused-ring (bicyclic) bond motifs is 7. The molecule has 3 heterocycles. The smallest absolute Gasteiger partial charge is 0.340 e. The number of esters is 3. The fourth-order valence-electron chi connectivity index (χ4n) is 10.5. The van der Waals surface area contributed by atoms with E-state index in [2.05, 4.69) is 22.9 Å². The molecule has 1 saturated carbocycles. The third-order valence-corrected chi connectivity index (χ3v) is 14.2. The molecule has 388 valence electrons. The van der Waals surface area contributed by atoms with Crippen molar-refractivity contribution in [3.63, 3.8) is 0 Å². The molecule has 0 bridgehead atoms. The average Bonchev–Trinajstić information content (AvgIpc) is 3.91. The molecule has 3 aliphatic rings. The molecule has 0 saturated heterocycles. The van der Waals surface area contributed by atoms with Crippen LogP contribution in [0, 0.1) is 5.92 Å². The average molecular weight is 1020 g/mol. The Balaban J connectivity index is 0.722. The Kier molecular flexibility index (Phi) is 15.5. The number of anilines is 1. The molecule has 3 N–H and O–H groups in total. The number of para-hydroxylation sites is 1. The molecule has 0 unspecified atom stereocenters. The molecular formula is C59H61N5O11. The van der Waals surface area contributed by atoms with Crippen molar-refractivity contribution < 1.29 is 52.5 Å². The molecule has 16 heteroatoms. The van der Waals surface area contributed by atoms with Crippen molar-refractivity contribution in [2.75, 3.05) is 24.5 Å². The van der Waals surface area contributed by atoms with Crippen LogP contribution in [0.3, 0.4) is 0 Å². The lowest BCUT2D eigenvalue weighted by atomic mass is 9.77. The number of carbonyl (C=O) groups is 7. The maximum Gasteiger partial charge on any atom is 0.340 e. The molecular weight excluding hydrogens is 955 g/mol. The highest BCUT2D eigenvalue weighted by molar-refractivity contribution is 6.03. The molecule has 9 rings (SSSR count). The lowest BCUT2D eigenvalue weighted by Gasteiger charge is -2.36. The number of rotatable bonds is 18. The van der Waals surface area contributed by atoms with Crippen LogP contribution in [0.5, 0.6) is 23.0 Å². The van der Waals surface area contributed by atoms with Gasteiger partial charge in [-0.1, -0.05) is 56.2 Å². The van der Waals surface area contributed by atoms with Crippen LogP contribution < -0.4 is 35.1 Å². The van der Waals surface area contributed by atoms with Crippen molar-refractivity contribution in [2.24, 2.45) is 5.92 Å². The highest BCUT2D eigenvalue weighted by atomic mass is 16.6. The van der Waals surface area contributed by atoms with Gasteiger partial charge < -0.3 is 44.4 Å². The Morgan fingerprint density at radius 3 is 2.00 bits per heavy atom. The molecule has 0 radical (unpaired) electrons. The maximum atomic E-state index is 13.9. The monoisotopic (exact) mass is 1020 g/mol. The minimum absolute atomic E-state index is 0.0161. The van der Waals surface area contributed by atoms with Gasteiger partial charge in [0.15, 0.2) is 5.60 Å². The number of ether oxygens (including phenoxy) is 4. The zero-order valence-electron chi connectivity index (χ0n) is 42.6. The first-order valence-corrected chi connectivity index (χ1v) is 25.8. The van der Waals surface area contributed by atoms with Crippen LogP contribution >= 0.6 is 0 Å². The first-order valence-electron chi connectivity index (χ1n) is 25.8. The molecule has 5 aromatic carbocycles. The number of aromatic nitrogens is 1. The molecule has 6 aromatic rings. The van der Waals surface area contributed by atoms with Crippen LogP contribution in [-0.4, -0.2) is 71.8 Å². The summed E-state index contributed by atoms with van der Waals surface area (Å²) in [5, 5.41) is 10.1. The minimum atomic E-state index is -1.48. The molecule has 1 fully saturated rings. The standard InChI is InChI=1S/C59H61N5O11/c1-5-38-14-13-16-43(30-38)63(6-2)54(67)35-64-50-17-10-9-15-40(50)32-51(64)57(70)62-42-21-18-39(19-22-42)55(68)60-28-11-7-8-12-29-61-56(69)41-20-25-47-46(31-41)58(71)75-59(47)48-26-23-44(72-36(3)65)33-52(48)74-53-34-45(73-37(4)66)24-27-49(53)59/h9-10,13-17,20,23-27,30-34,39,42H,5-8,11-12,18-19,21-22,28-29,35H2,1-4H3,(H,60,68)(H,61,69)(H,62,70)/t39-,42-. The first-order chi connectivity index (χ1) is 36.3. The number of unbranched alkanes of at least 4 members (excludes halogenated alkanes) is 3. The fraction of sp³-hybridized carbons (Fsp3) is 0.339. The van der Waals surface area contributed by atoms with Gasteiger partial charge in [-0.3, -0.25) is 28.8 Å². The van der Waals surface area contributed by atoms with E-state index < -0.39 is 23.5 Å². The Hall–Kier alpha value is -8.27. The van der Waals surface area contributed by atoms with Crippen molar-refractivity contribution in [1.82, 2.24) is 20.5 Å². The van der Waals surface area contributed by atoms with E-state index >= 15 is 0 Å². The summed E-state index contributed by atoms with van der Waals surface area (Å²) in [4.78, 5) is 93.3. The topological polar surface area (TPSA) is 201 Å². The van der Waals surface area contributed by atoms with Gasteiger partial charge in [-0.05, 0) is 118 Å². The maximum absolute atomic E-state index is 13.9. The zero-order chi connectivity index (χ0) is 52.8. The number of nitrogens with one attached hydrogen (secondary N) is 3. The number of amides is 4. The first kappa shape index (κ1) is 51.6. The second-order valence-electron chi connectivity index (χ2n) is 19.3. The fourth-order valence-corrected chi connectivity index (χ4v) is 10.5. The quantitative estimate of drug-likeness (QED) is 0.0421. The molecule has 1 aromatic heterocycles. The van der Waals surface area contributed by atoms with Crippen LogP contribution in [0.2, 0.25) is 0 Å². The lowest BCUT2D eigenvalue weighted by Crippen LogP contribution is -2.42. The summed E-state index contributed by atoms with van der Waals surface area (Å²) < 4.78 is 24.9. The Labute approximate surface area is 435 Å². The second-order valence-corrected chi connectivity index (χ2v) is 19.3. The summed E-state index contributed by atoms with van der Waals surface area (Å²) in [5.74, 6) is -1.56. The van der Waals surface area contributed by atoms with Crippen LogP contribution in [0.15, 0.2) is 109 Å². The molecule has 16 nitrogen and oxygen atoms in total. The van der Waals surface area contributed by atoms with Crippen LogP contribution in [0.4, 0.5) is 5.69 Å². The van der Waals surface area contributed by atoms with E-state index in [4.69, 9.17) is 18.9 Å². The van der Waals surface area contributed by atoms with E-state index in [9.17, 15) is 33.6 Å². The Bertz CT molecular complexity index is 3140. The van der Waals surface area contributed by atoms with Gasteiger partial charge in [-0.2, -0.15) is 0 Å². The predicted octanol–water partition coefficient (Wildman–Crippen LogP) is 9.07. The van der Waals surface area contributed by atoms with E-state index in [0.29, 0.717) is 74.1 Å². The summed E-state index contributed by atoms with van der Waals surface area (Å²) in [6, 6.07) is 31.8. The highest BCUT2D eigenvalue weighted by Gasteiger charge is 2.54. The van der Waals surface area contributed by atoms with Gasteiger partial charge >= 0.3 is 17.9 Å². The van der Waals surface area contributed by atoms with Crippen molar-refractivity contribution in [3.05, 3.63) is 148 Å². The summed E-state index contributed by atoms with van der Waals surface area (Å²) in [7, 11) is 0. The van der Waals surface area contributed by atoms with Crippen molar-refractivity contribution >= 4 is 58.1 Å².